The van der Waals surface area contributed by atoms with Crippen molar-refractivity contribution in [2.45, 2.75) is 44.9 Å². The van der Waals surface area contributed by atoms with Crippen LogP contribution in [0.2, 0.25) is 0 Å². The molecule has 1 aliphatic heterocycles. The van der Waals surface area contributed by atoms with Crippen LogP contribution in [0.25, 0.3) is 0 Å². The van der Waals surface area contributed by atoms with E-state index in [1.54, 1.807) is 24.4 Å². The van der Waals surface area contributed by atoms with E-state index in [0.29, 0.717) is 49.7 Å². The molecule has 0 bridgehead atoms. The van der Waals surface area contributed by atoms with Gasteiger partial charge in [-0.2, -0.15) is 4.31 Å². The molecule has 0 aliphatic carbocycles. The number of benzene rings is 1. The van der Waals surface area contributed by atoms with Gasteiger partial charge >= 0.3 is 0 Å². The number of nitrogens with zero attached hydrogens (tertiary/aromatic N) is 1. The van der Waals surface area contributed by atoms with Gasteiger partial charge in [-0.05, 0) is 62.3 Å². The highest BCUT2D eigenvalue weighted by Crippen LogP contribution is 2.28. The first-order chi connectivity index (χ1) is 12.3. The highest BCUT2D eigenvalue weighted by molar-refractivity contribution is 7.89. The van der Waals surface area contributed by atoms with Crippen LogP contribution < -0.4 is 5.32 Å². The molecule has 1 aliphatic rings. The molecule has 1 heterocycles. The highest BCUT2D eigenvalue weighted by Gasteiger charge is 2.30. The second kappa shape index (κ2) is 8.97. The van der Waals surface area contributed by atoms with Gasteiger partial charge in [0, 0.05) is 38.9 Å². The summed E-state index contributed by atoms with van der Waals surface area (Å²) in [6.07, 6.45) is 2.46. The molecular formula is C19H30N2O4S. The minimum absolute atomic E-state index is 0.245. The van der Waals surface area contributed by atoms with Gasteiger partial charge in [0.2, 0.25) is 10.0 Å². The van der Waals surface area contributed by atoms with Crippen LogP contribution in [0.3, 0.4) is 0 Å². The zero-order chi connectivity index (χ0) is 19.3. The van der Waals surface area contributed by atoms with E-state index in [9.17, 15) is 13.2 Å². The predicted octanol–water partition coefficient (Wildman–Crippen LogP) is 2.49. The van der Waals surface area contributed by atoms with Crippen molar-refractivity contribution in [3.05, 3.63) is 28.8 Å². The van der Waals surface area contributed by atoms with E-state index >= 15 is 0 Å². The van der Waals surface area contributed by atoms with Crippen molar-refractivity contribution < 1.29 is 17.9 Å². The molecule has 0 aromatic heterocycles. The van der Waals surface area contributed by atoms with Gasteiger partial charge in [0.1, 0.15) is 0 Å². The zero-order valence-electron chi connectivity index (χ0n) is 16.2. The molecule has 26 heavy (non-hydrogen) atoms. The number of ether oxygens (including phenoxy) is 1. The SMILES string of the molecule is COCCCNC(=O)c1cc(C)c(C)c(S(=O)(=O)N2CCC(C)CC2)c1. The Hall–Kier alpha value is -1.44. The van der Waals surface area contributed by atoms with Crippen LogP contribution in [0.5, 0.6) is 0 Å². The van der Waals surface area contributed by atoms with E-state index in [2.05, 4.69) is 12.2 Å². The zero-order valence-corrected chi connectivity index (χ0v) is 17.0. The number of nitrogens with one attached hydrogen (secondary N) is 1. The van der Waals surface area contributed by atoms with Gasteiger partial charge in [0.05, 0.1) is 4.90 Å². The summed E-state index contributed by atoms with van der Waals surface area (Å²) in [7, 11) is -1.98. The average molecular weight is 383 g/mol. The van der Waals surface area contributed by atoms with Gasteiger partial charge in [-0.15, -0.1) is 0 Å². The Morgan fingerprint density at radius 3 is 2.54 bits per heavy atom. The van der Waals surface area contributed by atoms with Crippen molar-refractivity contribution in [2.24, 2.45) is 5.92 Å². The largest absolute Gasteiger partial charge is 0.385 e. The standard InChI is InChI=1S/C19H30N2O4S/c1-14-6-9-21(10-7-14)26(23,24)18-13-17(12-15(2)16(18)3)19(22)20-8-5-11-25-4/h12-14H,5-11H2,1-4H3,(H,20,22). The fourth-order valence-electron chi connectivity index (χ4n) is 3.11. The van der Waals surface area contributed by atoms with Crippen LogP contribution in [-0.2, 0) is 14.8 Å². The fourth-order valence-corrected chi connectivity index (χ4v) is 4.90. The molecular weight excluding hydrogens is 352 g/mol. The first-order valence-corrected chi connectivity index (χ1v) is 10.6. The summed E-state index contributed by atoms with van der Waals surface area (Å²) < 4.78 is 32.8. The number of hydrogen-bond acceptors (Lipinski definition) is 4. The van der Waals surface area contributed by atoms with Crippen molar-refractivity contribution in [3.8, 4) is 0 Å². The van der Waals surface area contributed by atoms with E-state index in [-0.39, 0.29) is 10.8 Å². The number of methoxy groups -OCH3 is 1. The third-order valence-electron chi connectivity index (χ3n) is 5.05. The third-order valence-corrected chi connectivity index (χ3v) is 7.08. The Bertz CT molecular complexity index is 738. The minimum Gasteiger partial charge on any atom is -0.385 e. The van der Waals surface area contributed by atoms with E-state index in [1.165, 1.54) is 6.07 Å². The average Bonchev–Trinajstić information content (AvgIpc) is 2.61. The summed E-state index contributed by atoms with van der Waals surface area (Å²) in [4.78, 5) is 12.7. The predicted molar refractivity (Wildman–Crippen MR) is 102 cm³/mol. The van der Waals surface area contributed by atoms with Crippen molar-refractivity contribution >= 4 is 15.9 Å². The lowest BCUT2D eigenvalue weighted by atomic mass is 10.0. The molecule has 2 rings (SSSR count). The summed E-state index contributed by atoms with van der Waals surface area (Å²) in [6.45, 7) is 7.92. The van der Waals surface area contributed by atoms with Gasteiger partial charge in [-0.3, -0.25) is 4.79 Å². The van der Waals surface area contributed by atoms with Crippen LogP contribution in [0.15, 0.2) is 17.0 Å². The Balaban J connectivity index is 2.25. The van der Waals surface area contributed by atoms with Crippen molar-refractivity contribution in [1.29, 1.82) is 0 Å². The molecule has 1 N–H and O–H groups in total. The summed E-state index contributed by atoms with van der Waals surface area (Å²) in [5, 5.41) is 2.82. The molecule has 0 spiro atoms. The van der Waals surface area contributed by atoms with Crippen LogP contribution >= 0.6 is 0 Å². The number of aryl methyl sites for hydroxylation is 1. The van der Waals surface area contributed by atoms with Crippen molar-refractivity contribution in [3.63, 3.8) is 0 Å². The maximum absolute atomic E-state index is 13.1. The van der Waals surface area contributed by atoms with Gasteiger partial charge in [-0.1, -0.05) is 6.92 Å². The summed E-state index contributed by atoms with van der Waals surface area (Å²) in [6, 6.07) is 3.26. The number of hydrogen-bond donors (Lipinski definition) is 1. The van der Waals surface area contributed by atoms with Crippen LogP contribution in [-0.4, -0.2) is 52.0 Å². The molecule has 146 valence electrons. The van der Waals surface area contributed by atoms with E-state index in [1.807, 2.05) is 6.92 Å². The summed E-state index contributed by atoms with van der Waals surface area (Å²) >= 11 is 0. The molecule has 1 saturated heterocycles. The van der Waals surface area contributed by atoms with E-state index < -0.39 is 10.0 Å². The second-order valence-corrected chi connectivity index (χ2v) is 9.01. The molecule has 1 aromatic rings. The Morgan fingerprint density at radius 2 is 1.92 bits per heavy atom. The molecule has 0 unspecified atom stereocenters. The molecule has 6 nitrogen and oxygen atoms in total. The van der Waals surface area contributed by atoms with Crippen LogP contribution in [0.1, 0.15) is 47.7 Å². The number of piperidine rings is 1. The molecule has 1 aromatic carbocycles. The molecule has 7 heteroatoms. The quantitative estimate of drug-likeness (QED) is 0.735. The number of rotatable bonds is 7. The van der Waals surface area contributed by atoms with Gasteiger partial charge in [0.15, 0.2) is 0 Å². The maximum atomic E-state index is 13.1. The number of sulfonamides is 1. The number of amides is 1. The van der Waals surface area contributed by atoms with Crippen molar-refractivity contribution in [1.82, 2.24) is 9.62 Å². The monoisotopic (exact) mass is 382 g/mol. The van der Waals surface area contributed by atoms with Crippen LogP contribution in [0, 0.1) is 19.8 Å². The normalized spacial score (nSPS) is 16.6. The molecule has 0 atom stereocenters. The molecule has 1 fully saturated rings. The lowest BCUT2D eigenvalue weighted by molar-refractivity contribution is 0.0948. The van der Waals surface area contributed by atoms with Gasteiger partial charge < -0.3 is 10.1 Å². The topological polar surface area (TPSA) is 75.7 Å². The Labute approximate surface area is 157 Å². The Morgan fingerprint density at radius 1 is 1.27 bits per heavy atom. The lowest BCUT2D eigenvalue weighted by Gasteiger charge is -2.30. The molecule has 0 saturated carbocycles. The van der Waals surface area contributed by atoms with E-state index in [0.717, 1.165) is 18.4 Å². The smallest absolute Gasteiger partial charge is 0.251 e. The minimum atomic E-state index is -3.59. The van der Waals surface area contributed by atoms with E-state index in [4.69, 9.17) is 4.74 Å². The third kappa shape index (κ3) is 4.84. The maximum Gasteiger partial charge on any atom is 0.251 e. The molecule has 0 radical (unpaired) electrons. The van der Waals surface area contributed by atoms with Crippen molar-refractivity contribution in [2.75, 3.05) is 33.4 Å². The van der Waals surface area contributed by atoms with Gasteiger partial charge in [-0.25, -0.2) is 8.42 Å². The first-order valence-electron chi connectivity index (χ1n) is 9.16. The number of carbonyl (C=O) groups excluding carboxylic acids is 1. The lowest BCUT2D eigenvalue weighted by Crippen LogP contribution is -2.38. The summed E-state index contributed by atoms with van der Waals surface area (Å²) in [5.41, 5.74) is 1.90. The Kier molecular flexibility index (Phi) is 7.20. The fraction of sp³-hybridized carbons (Fsp3) is 0.632. The number of carbonyl (C=O) groups is 1. The van der Waals surface area contributed by atoms with Gasteiger partial charge in [0.25, 0.3) is 5.91 Å². The molecule has 1 amide bonds. The van der Waals surface area contributed by atoms with Crippen LogP contribution in [0.4, 0.5) is 0 Å². The second-order valence-electron chi connectivity index (χ2n) is 7.11. The summed E-state index contributed by atoms with van der Waals surface area (Å²) in [5.74, 6) is 0.293. The highest BCUT2D eigenvalue weighted by atomic mass is 32.2. The first kappa shape index (κ1) is 20.9.